The van der Waals surface area contributed by atoms with E-state index in [2.05, 4.69) is 11.1 Å². The number of hydrogen-bond donors (Lipinski definition) is 1. The van der Waals surface area contributed by atoms with Crippen LogP contribution in [0.4, 0.5) is 0 Å². The molecular weight excluding hydrogens is 212 g/mol. The monoisotopic (exact) mass is 222 g/mol. The lowest BCUT2D eigenvalue weighted by molar-refractivity contribution is 0.475. The Balaban J connectivity index is 2.37. The van der Waals surface area contributed by atoms with Crippen LogP contribution in [0.3, 0.4) is 0 Å². The minimum Gasteiger partial charge on any atom is -0.508 e. The molecule has 3 nitrogen and oxygen atoms in total. The highest BCUT2D eigenvalue weighted by Crippen LogP contribution is 2.18. The number of benzene rings is 1. The van der Waals surface area contributed by atoms with E-state index in [-0.39, 0.29) is 5.75 Å². The van der Waals surface area contributed by atoms with Crippen LogP contribution in [0.2, 0.25) is 0 Å². The lowest BCUT2D eigenvalue weighted by Gasteiger charge is -1.99. The van der Waals surface area contributed by atoms with Crippen LogP contribution in [0.15, 0.2) is 48.8 Å². The molecule has 1 aromatic carbocycles. The summed E-state index contributed by atoms with van der Waals surface area (Å²) in [6.45, 7) is 0. The summed E-state index contributed by atoms with van der Waals surface area (Å²) in [5.74, 6) is 0.210. The standard InChI is InChI=1S/C14H10N2O/c15-9-13(12-2-1-7-16-10-12)8-11-3-5-14(17)6-4-11/h1-8,10,17H/b13-8-. The van der Waals surface area contributed by atoms with Gasteiger partial charge in [0.15, 0.2) is 0 Å². The van der Waals surface area contributed by atoms with Crippen molar-refractivity contribution in [2.24, 2.45) is 0 Å². The predicted octanol–water partition coefficient (Wildman–Crippen LogP) is 2.85. The summed E-state index contributed by atoms with van der Waals surface area (Å²) in [5, 5.41) is 18.3. The summed E-state index contributed by atoms with van der Waals surface area (Å²) in [5.41, 5.74) is 2.19. The van der Waals surface area contributed by atoms with Gasteiger partial charge in [-0.1, -0.05) is 18.2 Å². The number of phenolic OH excluding ortho intramolecular Hbond substituents is 1. The minimum absolute atomic E-state index is 0.210. The van der Waals surface area contributed by atoms with Gasteiger partial charge >= 0.3 is 0 Å². The van der Waals surface area contributed by atoms with Crippen LogP contribution >= 0.6 is 0 Å². The number of aromatic hydroxyl groups is 1. The van der Waals surface area contributed by atoms with E-state index in [0.717, 1.165) is 11.1 Å². The van der Waals surface area contributed by atoms with Crippen molar-refractivity contribution < 1.29 is 5.11 Å². The summed E-state index contributed by atoms with van der Waals surface area (Å²) in [6.07, 6.45) is 5.07. The zero-order valence-electron chi connectivity index (χ0n) is 9.04. The summed E-state index contributed by atoms with van der Waals surface area (Å²) in [7, 11) is 0. The highest BCUT2D eigenvalue weighted by Gasteiger charge is 2.00. The molecular formula is C14H10N2O. The molecule has 0 spiro atoms. The molecule has 1 aromatic heterocycles. The molecule has 0 radical (unpaired) electrons. The first kappa shape index (κ1) is 10.9. The number of pyridine rings is 1. The Morgan fingerprint density at radius 3 is 2.59 bits per heavy atom. The second-order valence-electron chi connectivity index (χ2n) is 3.50. The van der Waals surface area contributed by atoms with Crippen molar-refractivity contribution >= 4 is 11.6 Å². The summed E-state index contributed by atoms with van der Waals surface area (Å²) in [6, 6.07) is 12.4. The van der Waals surface area contributed by atoms with Crippen molar-refractivity contribution in [1.29, 1.82) is 5.26 Å². The van der Waals surface area contributed by atoms with Crippen LogP contribution in [0.1, 0.15) is 11.1 Å². The zero-order valence-corrected chi connectivity index (χ0v) is 9.04. The number of phenols is 1. The number of rotatable bonds is 2. The first-order chi connectivity index (χ1) is 8.29. The van der Waals surface area contributed by atoms with Crippen molar-refractivity contribution in [3.05, 3.63) is 59.9 Å². The fourth-order valence-electron chi connectivity index (χ4n) is 1.44. The molecule has 1 N–H and O–H groups in total. The van der Waals surface area contributed by atoms with E-state index in [0.29, 0.717) is 5.57 Å². The van der Waals surface area contributed by atoms with Crippen LogP contribution in [0.5, 0.6) is 5.75 Å². The summed E-state index contributed by atoms with van der Waals surface area (Å²) >= 11 is 0. The maximum atomic E-state index is 9.17. The highest BCUT2D eigenvalue weighted by atomic mass is 16.3. The molecule has 0 aliphatic carbocycles. The molecule has 0 aliphatic rings. The van der Waals surface area contributed by atoms with Crippen LogP contribution in [0, 0.1) is 11.3 Å². The highest BCUT2D eigenvalue weighted by molar-refractivity contribution is 5.89. The van der Waals surface area contributed by atoms with E-state index < -0.39 is 0 Å². The largest absolute Gasteiger partial charge is 0.508 e. The SMILES string of the molecule is N#C/C(=C/c1ccc(O)cc1)c1cccnc1. The summed E-state index contributed by atoms with van der Waals surface area (Å²) < 4.78 is 0. The molecule has 0 atom stereocenters. The Kier molecular flexibility index (Phi) is 3.18. The quantitative estimate of drug-likeness (QED) is 0.795. The Hall–Kier alpha value is -2.60. The van der Waals surface area contributed by atoms with Crippen molar-refractivity contribution in [3.8, 4) is 11.8 Å². The van der Waals surface area contributed by atoms with E-state index >= 15 is 0 Å². The first-order valence-electron chi connectivity index (χ1n) is 5.11. The van der Waals surface area contributed by atoms with Gasteiger partial charge in [0.2, 0.25) is 0 Å². The third kappa shape index (κ3) is 2.70. The summed E-state index contributed by atoms with van der Waals surface area (Å²) in [4.78, 5) is 3.98. The van der Waals surface area contributed by atoms with Gasteiger partial charge in [-0.2, -0.15) is 5.26 Å². The van der Waals surface area contributed by atoms with Gasteiger partial charge in [-0.3, -0.25) is 4.98 Å². The molecule has 0 saturated heterocycles. The Morgan fingerprint density at radius 2 is 2.00 bits per heavy atom. The number of allylic oxidation sites excluding steroid dienone is 1. The maximum Gasteiger partial charge on any atom is 0.115 e. The zero-order chi connectivity index (χ0) is 12.1. The average Bonchev–Trinajstić information content (AvgIpc) is 2.39. The fraction of sp³-hybridized carbons (Fsp3) is 0. The van der Waals surface area contributed by atoms with Crippen molar-refractivity contribution in [2.45, 2.75) is 0 Å². The van der Waals surface area contributed by atoms with Crippen molar-refractivity contribution in [3.63, 3.8) is 0 Å². The molecule has 0 fully saturated rings. The number of aromatic nitrogens is 1. The van der Waals surface area contributed by atoms with E-state index in [1.54, 1.807) is 48.8 Å². The van der Waals surface area contributed by atoms with Crippen LogP contribution in [0.25, 0.3) is 11.6 Å². The van der Waals surface area contributed by atoms with Gasteiger partial charge in [0.05, 0.1) is 11.6 Å². The Morgan fingerprint density at radius 1 is 1.24 bits per heavy atom. The van der Waals surface area contributed by atoms with Crippen LogP contribution in [-0.2, 0) is 0 Å². The third-order valence-corrected chi connectivity index (χ3v) is 2.30. The van der Waals surface area contributed by atoms with E-state index in [4.69, 9.17) is 10.4 Å². The molecule has 1 heterocycles. The number of hydrogen-bond acceptors (Lipinski definition) is 3. The average molecular weight is 222 g/mol. The molecule has 0 aliphatic heterocycles. The molecule has 82 valence electrons. The van der Waals surface area contributed by atoms with Gasteiger partial charge in [0.25, 0.3) is 0 Å². The fourth-order valence-corrected chi connectivity index (χ4v) is 1.44. The third-order valence-electron chi connectivity index (χ3n) is 2.30. The minimum atomic E-state index is 0.210. The molecule has 0 amide bonds. The smallest absolute Gasteiger partial charge is 0.115 e. The van der Waals surface area contributed by atoms with Gasteiger partial charge in [-0.05, 0) is 29.8 Å². The predicted molar refractivity (Wildman–Crippen MR) is 65.8 cm³/mol. The van der Waals surface area contributed by atoms with E-state index in [1.165, 1.54) is 0 Å². The second-order valence-corrected chi connectivity index (χ2v) is 3.50. The normalized spacial score (nSPS) is 10.9. The second kappa shape index (κ2) is 4.95. The van der Waals surface area contributed by atoms with Crippen LogP contribution in [-0.4, -0.2) is 10.1 Å². The van der Waals surface area contributed by atoms with Gasteiger partial charge in [0.1, 0.15) is 5.75 Å². The van der Waals surface area contributed by atoms with Crippen LogP contribution < -0.4 is 0 Å². The molecule has 17 heavy (non-hydrogen) atoms. The topological polar surface area (TPSA) is 56.9 Å². The molecule has 2 rings (SSSR count). The van der Waals surface area contributed by atoms with Gasteiger partial charge < -0.3 is 5.11 Å². The van der Waals surface area contributed by atoms with E-state index in [1.807, 2.05) is 6.07 Å². The first-order valence-corrected chi connectivity index (χ1v) is 5.11. The molecule has 0 unspecified atom stereocenters. The van der Waals surface area contributed by atoms with Gasteiger partial charge in [0, 0.05) is 18.0 Å². The Labute approximate surface area is 99.3 Å². The molecule has 2 aromatic rings. The van der Waals surface area contributed by atoms with E-state index in [9.17, 15) is 0 Å². The molecule has 3 heteroatoms. The lowest BCUT2D eigenvalue weighted by Crippen LogP contribution is -1.82. The molecule has 0 saturated carbocycles. The van der Waals surface area contributed by atoms with Gasteiger partial charge in [-0.15, -0.1) is 0 Å². The number of nitriles is 1. The lowest BCUT2D eigenvalue weighted by atomic mass is 10.1. The van der Waals surface area contributed by atoms with Gasteiger partial charge in [-0.25, -0.2) is 0 Å². The van der Waals surface area contributed by atoms with Crippen molar-refractivity contribution in [1.82, 2.24) is 4.98 Å². The maximum absolute atomic E-state index is 9.17. The Bertz CT molecular complexity index is 565. The van der Waals surface area contributed by atoms with Crippen molar-refractivity contribution in [2.75, 3.05) is 0 Å². The molecule has 0 bridgehead atoms. The number of nitrogens with zero attached hydrogens (tertiary/aromatic N) is 2.